The van der Waals surface area contributed by atoms with E-state index in [1.165, 1.54) is 18.9 Å². The molecule has 2 fully saturated rings. The summed E-state index contributed by atoms with van der Waals surface area (Å²) in [7, 11) is 0. The number of carbonyl (C=O) groups excluding carboxylic acids is 1. The maximum Gasteiger partial charge on any atom is 0.254 e. The number of amides is 1. The normalized spacial score (nSPS) is 24.3. The molecule has 2 heterocycles. The molecule has 1 aliphatic heterocycles. The molecule has 2 aromatic rings. The number of hydrogen-bond donors (Lipinski definition) is 2. The highest BCUT2D eigenvalue weighted by molar-refractivity contribution is 6.06. The van der Waals surface area contributed by atoms with Crippen molar-refractivity contribution < 1.29 is 4.79 Å². The second-order valence-electron chi connectivity index (χ2n) is 6.97. The zero-order valence-electron chi connectivity index (χ0n) is 13.2. The predicted molar refractivity (Wildman–Crippen MR) is 89.4 cm³/mol. The number of nitrogens with two attached hydrogens (primary N) is 1. The quantitative estimate of drug-likeness (QED) is 0.885. The van der Waals surface area contributed by atoms with Gasteiger partial charge in [0.15, 0.2) is 0 Å². The topological polar surface area (TPSA) is 79.2 Å². The molecule has 2 aliphatic rings. The second kappa shape index (κ2) is 5.20. The summed E-state index contributed by atoms with van der Waals surface area (Å²) >= 11 is 0. The molecule has 120 valence electrons. The van der Waals surface area contributed by atoms with E-state index in [0.717, 1.165) is 10.9 Å². The molecule has 1 aromatic heterocycles. The molecule has 2 atom stereocenters. The summed E-state index contributed by atoms with van der Waals surface area (Å²) in [5.41, 5.74) is 8.24. The molecule has 1 aromatic carbocycles. The molecule has 1 saturated carbocycles. The van der Waals surface area contributed by atoms with E-state index in [9.17, 15) is 9.59 Å². The number of carbonyl (C=O) groups is 1. The molecule has 23 heavy (non-hydrogen) atoms. The first-order chi connectivity index (χ1) is 11.0. The monoisotopic (exact) mass is 311 g/mol. The summed E-state index contributed by atoms with van der Waals surface area (Å²) in [5.74, 6) is 1.01. The summed E-state index contributed by atoms with van der Waals surface area (Å²) < 4.78 is 0. The summed E-state index contributed by atoms with van der Waals surface area (Å²) in [5, 5.41) is 0.804. The minimum Gasteiger partial charge on any atom is -0.337 e. The van der Waals surface area contributed by atoms with Crippen molar-refractivity contribution in [2.75, 3.05) is 13.1 Å². The number of pyridine rings is 1. The number of nitrogens with one attached hydrogen (secondary N) is 1. The SMILES string of the molecule is Cc1ccc2[nH]c(=O)cc(C(=O)N3C[C@H](C4CC4)[C@@H](N)C3)c2c1. The third-order valence-electron chi connectivity index (χ3n) is 5.16. The largest absolute Gasteiger partial charge is 0.337 e. The molecule has 5 nitrogen and oxygen atoms in total. The van der Waals surface area contributed by atoms with E-state index in [-0.39, 0.29) is 17.5 Å². The Hall–Kier alpha value is -2.14. The van der Waals surface area contributed by atoms with Crippen LogP contribution in [0, 0.1) is 18.8 Å². The van der Waals surface area contributed by atoms with E-state index in [2.05, 4.69) is 4.98 Å². The van der Waals surface area contributed by atoms with Crippen molar-refractivity contribution >= 4 is 16.8 Å². The van der Waals surface area contributed by atoms with Gasteiger partial charge in [0.05, 0.1) is 5.56 Å². The van der Waals surface area contributed by atoms with Crippen molar-refractivity contribution in [2.45, 2.75) is 25.8 Å². The van der Waals surface area contributed by atoms with Crippen LogP contribution in [-0.2, 0) is 0 Å². The first kappa shape index (κ1) is 14.5. The highest BCUT2D eigenvalue weighted by Crippen LogP contribution is 2.41. The Morgan fingerprint density at radius 3 is 2.78 bits per heavy atom. The standard InChI is InChI=1S/C18H21N3O2/c1-10-2-5-16-12(6-10)13(7-17(22)20-16)18(23)21-8-14(11-3-4-11)15(19)9-21/h2,5-7,11,14-15H,3-4,8-9,19H2,1H3,(H,20,22)/t14-,15+/m1/s1. The smallest absolute Gasteiger partial charge is 0.254 e. The van der Waals surface area contributed by atoms with Crippen LogP contribution in [0.5, 0.6) is 0 Å². The first-order valence-corrected chi connectivity index (χ1v) is 8.21. The van der Waals surface area contributed by atoms with E-state index < -0.39 is 0 Å². The van der Waals surface area contributed by atoms with Crippen LogP contribution in [0.1, 0.15) is 28.8 Å². The molecule has 0 unspecified atom stereocenters. The molecule has 0 bridgehead atoms. The maximum absolute atomic E-state index is 13.0. The van der Waals surface area contributed by atoms with Crippen molar-refractivity contribution in [1.82, 2.24) is 9.88 Å². The van der Waals surface area contributed by atoms with E-state index in [1.807, 2.05) is 30.0 Å². The van der Waals surface area contributed by atoms with Gasteiger partial charge in [0.25, 0.3) is 5.91 Å². The highest BCUT2D eigenvalue weighted by Gasteiger charge is 2.42. The van der Waals surface area contributed by atoms with Gasteiger partial charge in [0.2, 0.25) is 5.56 Å². The van der Waals surface area contributed by atoms with Crippen LogP contribution >= 0.6 is 0 Å². The van der Waals surface area contributed by atoms with Gasteiger partial charge >= 0.3 is 0 Å². The lowest BCUT2D eigenvalue weighted by Gasteiger charge is -2.17. The summed E-state index contributed by atoms with van der Waals surface area (Å²) in [6.45, 7) is 3.28. The van der Waals surface area contributed by atoms with Crippen LogP contribution in [0.15, 0.2) is 29.1 Å². The van der Waals surface area contributed by atoms with Gasteiger partial charge < -0.3 is 15.6 Å². The molecule has 4 rings (SSSR count). The molecule has 0 spiro atoms. The van der Waals surface area contributed by atoms with Gasteiger partial charge in [-0.1, -0.05) is 11.6 Å². The molecule has 0 radical (unpaired) electrons. The van der Waals surface area contributed by atoms with Crippen molar-refractivity contribution in [3.8, 4) is 0 Å². The first-order valence-electron chi connectivity index (χ1n) is 8.21. The number of aryl methyl sites for hydroxylation is 1. The van der Waals surface area contributed by atoms with E-state index in [1.54, 1.807) is 0 Å². The Labute approximate surface area is 134 Å². The summed E-state index contributed by atoms with van der Waals surface area (Å²) in [4.78, 5) is 29.5. The number of benzene rings is 1. The number of fused-ring (bicyclic) bond motifs is 1. The van der Waals surface area contributed by atoms with Gasteiger partial charge in [-0.3, -0.25) is 9.59 Å². The average molecular weight is 311 g/mol. The Morgan fingerprint density at radius 2 is 2.04 bits per heavy atom. The number of nitrogens with zero attached hydrogens (tertiary/aromatic N) is 1. The van der Waals surface area contributed by atoms with Crippen molar-refractivity contribution in [2.24, 2.45) is 17.6 Å². The Kier molecular flexibility index (Phi) is 3.27. The molecule has 5 heteroatoms. The Bertz CT molecular complexity index is 838. The van der Waals surface area contributed by atoms with Gasteiger partial charge in [0, 0.05) is 36.1 Å². The Balaban J connectivity index is 1.72. The predicted octanol–water partition coefficient (Wildman–Crippen LogP) is 1.65. The number of rotatable bonds is 2. The highest BCUT2D eigenvalue weighted by atomic mass is 16.2. The lowest BCUT2D eigenvalue weighted by atomic mass is 9.99. The van der Waals surface area contributed by atoms with Crippen molar-refractivity contribution in [3.05, 3.63) is 45.7 Å². The molecular formula is C18H21N3O2. The second-order valence-corrected chi connectivity index (χ2v) is 6.97. The maximum atomic E-state index is 13.0. The van der Waals surface area contributed by atoms with Crippen LogP contribution in [0.3, 0.4) is 0 Å². The fourth-order valence-electron chi connectivity index (χ4n) is 3.76. The van der Waals surface area contributed by atoms with Crippen LogP contribution in [0.2, 0.25) is 0 Å². The van der Waals surface area contributed by atoms with Crippen LogP contribution < -0.4 is 11.3 Å². The third kappa shape index (κ3) is 2.55. The third-order valence-corrected chi connectivity index (χ3v) is 5.16. The number of hydrogen-bond acceptors (Lipinski definition) is 3. The van der Waals surface area contributed by atoms with Gasteiger partial charge in [-0.25, -0.2) is 0 Å². The van der Waals surface area contributed by atoms with Gasteiger partial charge in [-0.2, -0.15) is 0 Å². The number of likely N-dealkylation sites (tertiary alicyclic amines) is 1. The minimum absolute atomic E-state index is 0.0569. The van der Waals surface area contributed by atoms with E-state index in [4.69, 9.17) is 5.73 Å². The lowest BCUT2D eigenvalue weighted by molar-refractivity contribution is 0.0786. The molecule has 1 amide bonds. The van der Waals surface area contributed by atoms with Crippen LogP contribution in [0.4, 0.5) is 0 Å². The lowest BCUT2D eigenvalue weighted by Crippen LogP contribution is -2.33. The van der Waals surface area contributed by atoms with Crippen molar-refractivity contribution in [3.63, 3.8) is 0 Å². The molecular weight excluding hydrogens is 290 g/mol. The summed E-state index contributed by atoms with van der Waals surface area (Å²) in [6, 6.07) is 7.21. The van der Waals surface area contributed by atoms with Crippen LogP contribution in [0.25, 0.3) is 10.9 Å². The number of aromatic amines is 1. The zero-order valence-corrected chi connectivity index (χ0v) is 13.2. The Morgan fingerprint density at radius 1 is 1.26 bits per heavy atom. The fraction of sp³-hybridized carbons (Fsp3) is 0.444. The zero-order chi connectivity index (χ0) is 16.1. The average Bonchev–Trinajstić information content (AvgIpc) is 3.29. The summed E-state index contributed by atoms with van der Waals surface area (Å²) in [6.07, 6.45) is 2.46. The van der Waals surface area contributed by atoms with Gasteiger partial charge in [0.1, 0.15) is 0 Å². The van der Waals surface area contributed by atoms with E-state index >= 15 is 0 Å². The molecule has 1 aliphatic carbocycles. The van der Waals surface area contributed by atoms with Gasteiger partial charge in [-0.15, -0.1) is 0 Å². The van der Waals surface area contributed by atoms with Crippen LogP contribution in [-0.4, -0.2) is 34.9 Å². The number of H-pyrrole nitrogens is 1. The molecule has 3 N–H and O–H groups in total. The van der Waals surface area contributed by atoms with Crippen molar-refractivity contribution in [1.29, 1.82) is 0 Å². The van der Waals surface area contributed by atoms with E-state index in [0.29, 0.717) is 36.0 Å². The molecule has 1 saturated heterocycles. The minimum atomic E-state index is -0.244. The number of aromatic nitrogens is 1. The fourth-order valence-corrected chi connectivity index (χ4v) is 3.76. The van der Waals surface area contributed by atoms with Gasteiger partial charge in [-0.05, 0) is 43.7 Å².